The highest BCUT2D eigenvalue weighted by Gasteiger charge is 2.13. The Morgan fingerprint density at radius 1 is 1.37 bits per heavy atom. The molecule has 19 heavy (non-hydrogen) atoms. The first-order valence-electron chi connectivity index (χ1n) is 6.35. The molecular weight excluding hydrogens is 244 g/mol. The molecule has 5 nitrogen and oxygen atoms in total. The number of hydrogen-bond acceptors (Lipinski definition) is 3. The van der Waals surface area contributed by atoms with Crippen molar-refractivity contribution in [3.8, 4) is 6.01 Å². The Kier molecular flexibility index (Phi) is 3.74. The summed E-state index contributed by atoms with van der Waals surface area (Å²) >= 11 is 0. The Balaban J connectivity index is 2.51. The minimum Gasteiger partial charge on any atom is -0.481 e. The highest BCUT2D eigenvalue weighted by molar-refractivity contribution is 5.79. The largest absolute Gasteiger partial charge is 0.481 e. The average Bonchev–Trinajstić information content (AvgIpc) is 2.65. The number of carboxylic acids is 1. The summed E-state index contributed by atoms with van der Waals surface area (Å²) in [5.41, 5.74) is 4.09. The first kappa shape index (κ1) is 13.4. The molecule has 0 aliphatic heterocycles. The second-order valence-electron chi connectivity index (χ2n) is 4.55. The first-order chi connectivity index (χ1) is 9.02. The van der Waals surface area contributed by atoms with Crippen LogP contribution in [0.15, 0.2) is 12.1 Å². The van der Waals surface area contributed by atoms with Gasteiger partial charge in [0.2, 0.25) is 0 Å². The molecule has 0 unspecified atom stereocenters. The van der Waals surface area contributed by atoms with Crippen molar-refractivity contribution in [3.63, 3.8) is 0 Å². The molecule has 0 saturated carbocycles. The highest BCUT2D eigenvalue weighted by Crippen LogP contribution is 2.25. The van der Waals surface area contributed by atoms with Crippen LogP contribution in [-0.2, 0) is 11.3 Å². The van der Waals surface area contributed by atoms with E-state index in [0.29, 0.717) is 19.2 Å². The topological polar surface area (TPSA) is 64.4 Å². The molecule has 0 radical (unpaired) electrons. The van der Waals surface area contributed by atoms with E-state index in [1.165, 1.54) is 5.56 Å². The van der Waals surface area contributed by atoms with Crippen LogP contribution in [0.5, 0.6) is 6.01 Å². The lowest BCUT2D eigenvalue weighted by atomic mass is 10.1. The maximum absolute atomic E-state index is 10.7. The van der Waals surface area contributed by atoms with Gasteiger partial charge in [0.15, 0.2) is 0 Å². The lowest BCUT2D eigenvalue weighted by molar-refractivity contribution is -0.137. The molecule has 2 aromatic rings. The number of fused-ring (bicyclic) bond motifs is 1. The summed E-state index contributed by atoms with van der Waals surface area (Å²) in [7, 11) is 0. The lowest BCUT2D eigenvalue weighted by Crippen LogP contribution is -2.07. The van der Waals surface area contributed by atoms with Gasteiger partial charge in [-0.25, -0.2) is 0 Å². The van der Waals surface area contributed by atoms with Gasteiger partial charge in [0.1, 0.15) is 0 Å². The fourth-order valence-electron chi connectivity index (χ4n) is 2.02. The van der Waals surface area contributed by atoms with E-state index in [9.17, 15) is 4.79 Å². The standard InChI is InChI=1S/C14H18N2O3/c1-4-19-14-15-11-7-9(2)10(3)8-12(11)16(14)6-5-13(17)18/h7-8H,4-6H2,1-3H3,(H,17,18). The molecule has 0 saturated heterocycles. The summed E-state index contributed by atoms with van der Waals surface area (Å²) in [4.78, 5) is 15.2. The van der Waals surface area contributed by atoms with Gasteiger partial charge in [0.25, 0.3) is 6.01 Å². The van der Waals surface area contributed by atoms with Crippen molar-refractivity contribution >= 4 is 17.0 Å². The van der Waals surface area contributed by atoms with Crippen LogP contribution >= 0.6 is 0 Å². The quantitative estimate of drug-likeness (QED) is 0.899. The molecule has 1 N–H and O–H groups in total. The van der Waals surface area contributed by atoms with Gasteiger partial charge in [-0.05, 0) is 44.0 Å². The SMILES string of the molecule is CCOc1nc2cc(C)c(C)cc2n1CCC(=O)O. The van der Waals surface area contributed by atoms with E-state index in [0.717, 1.165) is 16.6 Å². The summed E-state index contributed by atoms with van der Waals surface area (Å²) in [6.45, 7) is 6.82. The number of hydrogen-bond donors (Lipinski definition) is 1. The third kappa shape index (κ3) is 2.70. The number of imidazole rings is 1. The summed E-state index contributed by atoms with van der Waals surface area (Å²) < 4.78 is 7.33. The number of ether oxygens (including phenoxy) is 1. The molecule has 0 aliphatic rings. The van der Waals surface area contributed by atoms with Gasteiger partial charge in [0, 0.05) is 6.54 Å². The molecule has 5 heteroatoms. The van der Waals surface area contributed by atoms with Crippen molar-refractivity contribution in [3.05, 3.63) is 23.3 Å². The first-order valence-corrected chi connectivity index (χ1v) is 6.35. The van der Waals surface area contributed by atoms with E-state index in [2.05, 4.69) is 4.98 Å². The van der Waals surface area contributed by atoms with Crippen molar-refractivity contribution in [2.75, 3.05) is 6.61 Å². The van der Waals surface area contributed by atoms with Gasteiger partial charge >= 0.3 is 5.97 Å². The molecule has 1 heterocycles. The predicted octanol–water partition coefficient (Wildman–Crippen LogP) is 2.53. The van der Waals surface area contributed by atoms with Crippen LogP contribution in [0.1, 0.15) is 24.5 Å². The Hall–Kier alpha value is -2.04. The van der Waals surface area contributed by atoms with E-state index in [-0.39, 0.29) is 6.42 Å². The average molecular weight is 262 g/mol. The smallest absolute Gasteiger partial charge is 0.305 e. The summed E-state index contributed by atoms with van der Waals surface area (Å²) in [5.74, 6) is -0.826. The zero-order valence-corrected chi connectivity index (χ0v) is 11.4. The second kappa shape index (κ2) is 5.30. The number of rotatable bonds is 5. The molecule has 0 fully saturated rings. The number of aryl methyl sites for hydroxylation is 3. The fraction of sp³-hybridized carbons (Fsp3) is 0.429. The Bertz CT molecular complexity index is 617. The van der Waals surface area contributed by atoms with E-state index in [4.69, 9.17) is 9.84 Å². The van der Waals surface area contributed by atoms with Crippen molar-refractivity contribution in [1.82, 2.24) is 9.55 Å². The number of aliphatic carboxylic acids is 1. The second-order valence-corrected chi connectivity index (χ2v) is 4.55. The third-order valence-corrected chi connectivity index (χ3v) is 3.15. The molecule has 102 valence electrons. The molecule has 1 aromatic heterocycles. The van der Waals surface area contributed by atoms with Gasteiger partial charge in [-0.2, -0.15) is 4.98 Å². The molecule has 0 aliphatic carbocycles. The van der Waals surface area contributed by atoms with Crippen LogP contribution in [0.2, 0.25) is 0 Å². The molecule has 2 rings (SSSR count). The predicted molar refractivity (Wildman–Crippen MR) is 72.6 cm³/mol. The lowest BCUT2D eigenvalue weighted by Gasteiger charge is -2.08. The van der Waals surface area contributed by atoms with Gasteiger partial charge in [-0.1, -0.05) is 0 Å². The van der Waals surface area contributed by atoms with E-state index in [1.54, 1.807) is 0 Å². The number of benzene rings is 1. The van der Waals surface area contributed by atoms with Crippen molar-refractivity contribution in [2.45, 2.75) is 33.7 Å². The van der Waals surface area contributed by atoms with Crippen molar-refractivity contribution in [1.29, 1.82) is 0 Å². The maximum atomic E-state index is 10.7. The Labute approximate surface area is 111 Å². The summed E-state index contributed by atoms with van der Waals surface area (Å²) in [6.07, 6.45) is 0.0540. The van der Waals surface area contributed by atoms with Crippen molar-refractivity contribution < 1.29 is 14.6 Å². The van der Waals surface area contributed by atoms with Crippen LogP contribution in [0, 0.1) is 13.8 Å². The Morgan fingerprint density at radius 3 is 2.68 bits per heavy atom. The fourth-order valence-corrected chi connectivity index (χ4v) is 2.02. The van der Waals surface area contributed by atoms with E-state index >= 15 is 0 Å². The number of carboxylic acid groups (broad SMARTS) is 1. The molecule has 1 aromatic carbocycles. The van der Waals surface area contributed by atoms with Gasteiger partial charge in [0.05, 0.1) is 24.1 Å². The van der Waals surface area contributed by atoms with Gasteiger partial charge in [-0.15, -0.1) is 0 Å². The van der Waals surface area contributed by atoms with Crippen LogP contribution in [-0.4, -0.2) is 27.2 Å². The Morgan fingerprint density at radius 2 is 2.05 bits per heavy atom. The zero-order valence-electron chi connectivity index (χ0n) is 11.4. The molecular formula is C14H18N2O3. The van der Waals surface area contributed by atoms with Crippen LogP contribution < -0.4 is 4.74 Å². The van der Waals surface area contributed by atoms with Gasteiger partial charge < -0.3 is 9.84 Å². The third-order valence-electron chi connectivity index (χ3n) is 3.15. The van der Waals surface area contributed by atoms with E-state index < -0.39 is 5.97 Å². The number of aromatic nitrogens is 2. The van der Waals surface area contributed by atoms with Crippen molar-refractivity contribution in [2.24, 2.45) is 0 Å². The zero-order chi connectivity index (χ0) is 14.0. The molecule has 0 bridgehead atoms. The molecule has 0 amide bonds. The minimum atomic E-state index is -0.826. The molecule has 0 atom stereocenters. The van der Waals surface area contributed by atoms with E-state index in [1.807, 2.05) is 37.5 Å². The van der Waals surface area contributed by atoms with Gasteiger partial charge in [-0.3, -0.25) is 9.36 Å². The molecule has 0 spiro atoms. The van der Waals surface area contributed by atoms with Crippen LogP contribution in [0.3, 0.4) is 0 Å². The monoisotopic (exact) mass is 262 g/mol. The summed E-state index contributed by atoms with van der Waals surface area (Å²) in [6, 6.07) is 4.52. The number of carbonyl (C=O) groups is 1. The van der Waals surface area contributed by atoms with Crippen LogP contribution in [0.4, 0.5) is 0 Å². The minimum absolute atomic E-state index is 0.0540. The highest BCUT2D eigenvalue weighted by atomic mass is 16.5. The summed E-state index contributed by atoms with van der Waals surface area (Å²) in [5, 5.41) is 8.83. The van der Waals surface area contributed by atoms with Crippen LogP contribution in [0.25, 0.3) is 11.0 Å². The number of nitrogens with zero attached hydrogens (tertiary/aromatic N) is 2. The maximum Gasteiger partial charge on any atom is 0.305 e. The normalized spacial score (nSPS) is 10.9.